The van der Waals surface area contributed by atoms with Gasteiger partial charge in [-0.2, -0.15) is 0 Å². The average molecular weight is 498 g/mol. The van der Waals surface area contributed by atoms with Crippen molar-refractivity contribution in [1.82, 2.24) is 10.2 Å². The van der Waals surface area contributed by atoms with Crippen LogP contribution in [0.2, 0.25) is 0 Å². The van der Waals surface area contributed by atoms with E-state index in [4.69, 9.17) is 13.9 Å². The minimum absolute atomic E-state index is 0.0958. The van der Waals surface area contributed by atoms with E-state index in [1.54, 1.807) is 18.2 Å². The van der Waals surface area contributed by atoms with Gasteiger partial charge in [0.05, 0.1) is 19.1 Å². The topological polar surface area (TPSA) is 133 Å². The van der Waals surface area contributed by atoms with Crippen LogP contribution in [0.15, 0.2) is 76.0 Å². The number of nitrogens with zero attached hydrogens (tertiary/aromatic N) is 2. The van der Waals surface area contributed by atoms with Crippen LogP contribution in [0.3, 0.4) is 0 Å². The Kier molecular flexibility index (Phi) is 6.64. The molecule has 0 aliphatic carbocycles. The highest BCUT2D eigenvalue weighted by Crippen LogP contribution is 2.29. The second-order valence-electron chi connectivity index (χ2n) is 7.10. The number of nitrogens with one attached hydrogen (secondary N) is 2. The lowest BCUT2D eigenvalue weighted by Gasteiger charge is -2.09. The molecule has 4 rings (SSSR count). The highest BCUT2D eigenvalue weighted by atomic mass is 32.2. The normalized spacial score (nSPS) is 11.1. The molecule has 4 aromatic rings. The van der Waals surface area contributed by atoms with E-state index in [-0.39, 0.29) is 28.1 Å². The van der Waals surface area contributed by atoms with Gasteiger partial charge in [-0.3, -0.25) is 14.8 Å². The standard InChI is InChI=1S/C23H19FN4O6S/c1-32-18-11-15(12-19(13-18)33-2)22-26-27-23(34-22)25-21(29)14-3-7-17(8-4-14)28-35(30,31)20-9-5-16(24)6-10-20/h3-13,28H,1-2H3,(H,25,27,29). The summed E-state index contributed by atoms with van der Waals surface area (Å²) < 4.78 is 56.2. The summed E-state index contributed by atoms with van der Waals surface area (Å²) in [5.74, 6) is 0.104. The van der Waals surface area contributed by atoms with E-state index in [1.807, 2.05) is 0 Å². The van der Waals surface area contributed by atoms with E-state index in [1.165, 1.54) is 38.5 Å². The molecule has 0 saturated heterocycles. The number of ether oxygens (including phenoxy) is 2. The Labute approximate surface area is 199 Å². The zero-order valence-electron chi connectivity index (χ0n) is 18.5. The number of amides is 1. The van der Waals surface area contributed by atoms with Gasteiger partial charge in [-0.15, -0.1) is 5.10 Å². The van der Waals surface area contributed by atoms with Gasteiger partial charge in [0.2, 0.25) is 5.89 Å². The van der Waals surface area contributed by atoms with Crippen LogP contribution in [0.4, 0.5) is 16.1 Å². The second kappa shape index (κ2) is 9.81. The molecule has 10 nitrogen and oxygen atoms in total. The van der Waals surface area contributed by atoms with Crippen molar-refractivity contribution >= 4 is 27.6 Å². The Morgan fingerprint density at radius 2 is 1.54 bits per heavy atom. The fraction of sp³-hybridized carbons (Fsp3) is 0.0870. The van der Waals surface area contributed by atoms with Gasteiger partial charge < -0.3 is 13.9 Å². The van der Waals surface area contributed by atoms with E-state index in [9.17, 15) is 17.6 Å². The van der Waals surface area contributed by atoms with E-state index in [0.717, 1.165) is 24.3 Å². The molecule has 0 atom stereocenters. The lowest BCUT2D eigenvalue weighted by atomic mass is 10.2. The monoisotopic (exact) mass is 498 g/mol. The highest BCUT2D eigenvalue weighted by Gasteiger charge is 2.17. The van der Waals surface area contributed by atoms with Gasteiger partial charge in [0.15, 0.2) is 0 Å². The molecule has 1 amide bonds. The van der Waals surface area contributed by atoms with Gasteiger partial charge >= 0.3 is 6.01 Å². The molecule has 1 heterocycles. The number of sulfonamides is 1. The fourth-order valence-corrected chi connectivity index (χ4v) is 4.07. The lowest BCUT2D eigenvalue weighted by Crippen LogP contribution is -2.14. The number of carbonyl (C=O) groups is 1. The molecule has 0 aliphatic rings. The third kappa shape index (κ3) is 5.55. The van der Waals surface area contributed by atoms with Crippen molar-refractivity contribution in [2.75, 3.05) is 24.3 Å². The van der Waals surface area contributed by atoms with Crippen LogP contribution in [0.25, 0.3) is 11.5 Å². The van der Waals surface area contributed by atoms with Crippen LogP contribution in [0, 0.1) is 5.82 Å². The van der Waals surface area contributed by atoms with Gasteiger partial charge in [-0.05, 0) is 60.7 Å². The summed E-state index contributed by atoms with van der Waals surface area (Å²) in [6.45, 7) is 0. The molecule has 0 saturated carbocycles. The van der Waals surface area contributed by atoms with Crippen molar-refractivity contribution in [2.45, 2.75) is 4.90 Å². The number of anilines is 2. The van der Waals surface area contributed by atoms with Crippen molar-refractivity contribution < 1.29 is 31.5 Å². The van der Waals surface area contributed by atoms with Crippen molar-refractivity contribution in [3.05, 3.63) is 78.1 Å². The number of methoxy groups -OCH3 is 2. The van der Waals surface area contributed by atoms with Gasteiger partial charge in [-0.1, -0.05) is 5.10 Å². The Morgan fingerprint density at radius 1 is 0.914 bits per heavy atom. The molecule has 35 heavy (non-hydrogen) atoms. The minimum atomic E-state index is -3.91. The molecule has 0 bridgehead atoms. The maximum absolute atomic E-state index is 13.0. The molecule has 0 spiro atoms. The average Bonchev–Trinajstić information content (AvgIpc) is 3.32. The second-order valence-corrected chi connectivity index (χ2v) is 8.79. The summed E-state index contributed by atoms with van der Waals surface area (Å²) in [5, 5.41) is 10.2. The van der Waals surface area contributed by atoms with Gasteiger partial charge in [0.1, 0.15) is 17.3 Å². The first-order chi connectivity index (χ1) is 16.8. The predicted molar refractivity (Wildman–Crippen MR) is 124 cm³/mol. The molecule has 3 aromatic carbocycles. The first-order valence-corrected chi connectivity index (χ1v) is 11.5. The van der Waals surface area contributed by atoms with Crippen molar-refractivity contribution in [2.24, 2.45) is 0 Å². The van der Waals surface area contributed by atoms with Crippen molar-refractivity contribution in [3.63, 3.8) is 0 Å². The lowest BCUT2D eigenvalue weighted by molar-refractivity contribution is 0.102. The Balaban J connectivity index is 1.44. The molecule has 0 radical (unpaired) electrons. The van der Waals surface area contributed by atoms with Gasteiger partial charge in [-0.25, -0.2) is 12.8 Å². The Morgan fingerprint density at radius 3 is 2.14 bits per heavy atom. The van der Waals surface area contributed by atoms with Gasteiger partial charge in [0.25, 0.3) is 15.9 Å². The summed E-state index contributed by atoms with van der Waals surface area (Å²) in [7, 11) is -0.892. The third-order valence-corrected chi connectivity index (χ3v) is 6.16. The predicted octanol–water partition coefficient (Wildman–Crippen LogP) is 3.95. The van der Waals surface area contributed by atoms with Crippen LogP contribution < -0.4 is 19.5 Å². The zero-order valence-corrected chi connectivity index (χ0v) is 19.3. The van der Waals surface area contributed by atoms with Crippen molar-refractivity contribution in [1.29, 1.82) is 0 Å². The Bertz CT molecular complexity index is 1430. The van der Waals surface area contributed by atoms with Crippen LogP contribution in [0.5, 0.6) is 11.5 Å². The maximum atomic E-state index is 13.0. The summed E-state index contributed by atoms with van der Waals surface area (Å²) in [5.41, 5.74) is 0.974. The molecule has 180 valence electrons. The van der Waals surface area contributed by atoms with Crippen LogP contribution in [-0.2, 0) is 10.0 Å². The van der Waals surface area contributed by atoms with Crippen LogP contribution in [0.1, 0.15) is 10.4 Å². The molecular weight excluding hydrogens is 479 g/mol. The first-order valence-electron chi connectivity index (χ1n) is 10.0. The fourth-order valence-electron chi connectivity index (χ4n) is 3.01. The number of carbonyl (C=O) groups excluding carboxylic acids is 1. The number of aromatic nitrogens is 2. The molecular formula is C23H19FN4O6S. The zero-order chi connectivity index (χ0) is 25.0. The first kappa shape index (κ1) is 23.7. The highest BCUT2D eigenvalue weighted by molar-refractivity contribution is 7.92. The molecule has 12 heteroatoms. The smallest absolute Gasteiger partial charge is 0.322 e. The summed E-state index contributed by atoms with van der Waals surface area (Å²) in [6.07, 6.45) is 0. The molecule has 1 aromatic heterocycles. The van der Waals surface area contributed by atoms with E-state index < -0.39 is 21.7 Å². The molecule has 0 unspecified atom stereocenters. The number of hydrogen-bond donors (Lipinski definition) is 2. The summed E-state index contributed by atoms with van der Waals surface area (Å²) in [6, 6.07) is 15.0. The van der Waals surface area contributed by atoms with Crippen molar-refractivity contribution in [3.8, 4) is 23.0 Å². The van der Waals surface area contributed by atoms with E-state index >= 15 is 0 Å². The molecule has 2 N–H and O–H groups in total. The quantitative estimate of drug-likeness (QED) is 0.373. The maximum Gasteiger partial charge on any atom is 0.322 e. The van der Waals surface area contributed by atoms with Crippen LogP contribution >= 0.6 is 0 Å². The third-order valence-electron chi connectivity index (χ3n) is 4.77. The minimum Gasteiger partial charge on any atom is -0.497 e. The SMILES string of the molecule is COc1cc(OC)cc(-c2nnc(NC(=O)c3ccc(NS(=O)(=O)c4ccc(F)cc4)cc3)o2)c1. The number of halogens is 1. The summed E-state index contributed by atoms with van der Waals surface area (Å²) in [4.78, 5) is 12.5. The van der Waals surface area contributed by atoms with E-state index in [0.29, 0.717) is 17.1 Å². The molecule has 0 aliphatic heterocycles. The van der Waals surface area contributed by atoms with E-state index in [2.05, 4.69) is 20.2 Å². The summed E-state index contributed by atoms with van der Waals surface area (Å²) >= 11 is 0. The van der Waals surface area contributed by atoms with Gasteiger partial charge in [0, 0.05) is 22.9 Å². The number of hydrogen-bond acceptors (Lipinski definition) is 8. The number of rotatable bonds is 8. The van der Waals surface area contributed by atoms with Crippen LogP contribution in [-0.4, -0.2) is 38.7 Å². The molecule has 0 fully saturated rings. The Hall–Kier alpha value is -4.45. The largest absolute Gasteiger partial charge is 0.497 e. The number of benzene rings is 3.